The molecule has 5 nitrogen and oxygen atoms in total. The van der Waals surface area contributed by atoms with Crippen molar-refractivity contribution < 1.29 is 0 Å². The minimum Gasteiger partial charge on any atom is -0.349 e. The minimum atomic E-state index is 0.692. The van der Waals surface area contributed by atoms with Crippen LogP contribution in [0, 0.1) is 11.8 Å². The van der Waals surface area contributed by atoms with Crippen molar-refractivity contribution in [3.05, 3.63) is 54.1 Å². The van der Waals surface area contributed by atoms with Crippen molar-refractivity contribution in [2.75, 3.05) is 20.1 Å². The summed E-state index contributed by atoms with van der Waals surface area (Å²) in [5, 5.41) is 3.51. The van der Waals surface area contributed by atoms with Crippen LogP contribution in [0.5, 0.6) is 0 Å². The van der Waals surface area contributed by atoms with E-state index in [0.29, 0.717) is 6.54 Å². The summed E-state index contributed by atoms with van der Waals surface area (Å²) in [6.07, 6.45) is 6.48. The van der Waals surface area contributed by atoms with E-state index in [-0.39, 0.29) is 0 Å². The van der Waals surface area contributed by atoms with Crippen LogP contribution < -0.4 is 5.32 Å². The molecule has 0 amide bonds. The SMILES string of the molecule is CN=C(NCc1nccn1Cc1ccccc1)N1CCC(CC(C)C)C1. The van der Waals surface area contributed by atoms with E-state index in [2.05, 4.69) is 62.9 Å². The molecule has 2 heterocycles. The highest BCUT2D eigenvalue weighted by Gasteiger charge is 2.25. The van der Waals surface area contributed by atoms with Gasteiger partial charge in [0.2, 0.25) is 0 Å². The van der Waals surface area contributed by atoms with Gasteiger partial charge in [0.05, 0.1) is 6.54 Å². The van der Waals surface area contributed by atoms with E-state index in [1.807, 2.05) is 25.5 Å². The zero-order valence-corrected chi connectivity index (χ0v) is 16.2. The zero-order chi connectivity index (χ0) is 18.4. The topological polar surface area (TPSA) is 45.5 Å². The maximum Gasteiger partial charge on any atom is 0.194 e. The van der Waals surface area contributed by atoms with Crippen LogP contribution in [0.4, 0.5) is 0 Å². The molecule has 26 heavy (non-hydrogen) atoms. The lowest BCUT2D eigenvalue weighted by atomic mass is 9.97. The van der Waals surface area contributed by atoms with Gasteiger partial charge in [0.25, 0.3) is 0 Å². The van der Waals surface area contributed by atoms with Gasteiger partial charge >= 0.3 is 0 Å². The Morgan fingerprint density at radius 1 is 1.31 bits per heavy atom. The third-order valence-electron chi connectivity index (χ3n) is 5.00. The monoisotopic (exact) mass is 353 g/mol. The summed E-state index contributed by atoms with van der Waals surface area (Å²) in [5.41, 5.74) is 1.28. The van der Waals surface area contributed by atoms with Crippen LogP contribution in [0.25, 0.3) is 0 Å². The molecule has 1 saturated heterocycles. The first-order chi connectivity index (χ1) is 12.7. The number of nitrogens with zero attached hydrogens (tertiary/aromatic N) is 4. The Bertz CT molecular complexity index is 704. The lowest BCUT2D eigenvalue weighted by molar-refractivity contribution is 0.403. The fraction of sp³-hybridized carbons (Fsp3) is 0.524. The number of aliphatic imine (C=N–C) groups is 1. The molecule has 0 spiro atoms. The standard InChI is InChI=1S/C21H31N5/c1-17(2)13-19-9-11-26(16-19)21(22-3)24-14-20-23-10-12-25(20)15-18-7-5-4-6-8-18/h4-8,10,12,17,19H,9,11,13-16H2,1-3H3,(H,22,24). The number of hydrogen-bond acceptors (Lipinski definition) is 2. The molecule has 0 saturated carbocycles. The number of guanidine groups is 1. The highest BCUT2D eigenvalue weighted by atomic mass is 15.3. The summed E-state index contributed by atoms with van der Waals surface area (Å²) in [6, 6.07) is 10.5. The molecule has 0 bridgehead atoms. The Morgan fingerprint density at radius 3 is 2.85 bits per heavy atom. The Labute approximate surface area is 157 Å². The molecule has 1 aromatic carbocycles. The van der Waals surface area contributed by atoms with Crippen molar-refractivity contribution in [3.8, 4) is 0 Å². The van der Waals surface area contributed by atoms with E-state index in [0.717, 1.165) is 43.3 Å². The number of aromatic nitrogens is 2. The molecule has 0 radical (unpaired) electrons. The first-order valence-electron chi connectivity index (χ1n) is 9.65. The van der Waals surface area contributed by atoms with Gasteiger partial charge in [-0.3, -0.25) is 4.99 Å². The number of benzene rings is 1. The maximum atomic E-state index is 4.53. The maximum absolute atomic E-state index is 4.53. The van der Waals surface area contributed by atoms with E-state index < -0.39 is 0 Å². The average molecular weight is 354 g/mol. The molecule has 5 heteroatoms. The fourth-order valence-corrected chi connectivity index (χ4v) is 3.81. The summed E-state index contributed by atoms with van der Waals surface area (Å²) in [7, 11) is 1.87. The lowest BCUT2D eigenvalue weighted by Gasteiger charge is -2.22. The van der Waals surface area contributed by atoms with E-state index in [9.17, 15) is 0 Å². The molecule has 1 atom stereocenters. The van der Waals surface area contributed by atoms with Gasteiger partial charge in [-0.1, -0.05) is 44.2 Å². The molecule has 1 fully saturated rings. The van der Waals surface area contributed by atoms with Gasteiger partial charge < -0.3 is 14.8 Å². The van der Waals surface area contributed by atoms with E-state index in [1.165, 1.54) is 18.4 Å². The quantitative estimate of drug-likeness (QED) is 0.640. The van der Waals surface area contributed by atoms with Gasteiger partial charge in [-0.15, -0.1) is 0 Å². The van der Waals surface area contributed by atoms with Crippen LogP contribution >= 0.6 is 0 Å². The summed E-state index contributed by atoms with van der Waals surface area (Å²) >= 11 is 0. The summed E-state index contributed by atoms with van der Waals surface area (Å²) in [5.74, 6) is 3.58. The normalized spacial score (nSPS) is 17.9. The van der Waals surface area contributed by atoms with E-state index in [1.54, 1.807) is 0 Å². The van der Waals surface area contributed by atoms with Gasteiger partial charge in [-0.2, -0.15) is 0 Å². The lowest BCUT2D eigenvalue weighted by Crippen LogP contribution is -2.40. The molecule has 0 aliphatic carbocycles. The summed E-state index contributed by atoms with van der Waals surface area (Å²) < 4.78 is 2.20. The predicted molar refractivity (Wildman–Crippen MR) is 107 cm³/mol. The van der Waals surface area contributed by atoms with E-state index in [4.69, 9.17) is 0 Å². The zero-order valence-electron chi connectivity index (χ0n) is 16.2. The molecule has 1 aliphatic heterocycles. The van der Waals surface area contributed by atoms with Gasteiger partial charge in [0.1, 0.15) is 5.82 Å². The minimum absolute atomic E-state index is 0.692. The highest BCUT2D eigenvalue weighted by Crippen LogP contribution is 2.23. The van der Waals surface area contributed by atoms with Crippen LogP contribution in [0.1, 0.15) is 38.1 Å². The molecule has 140 valence electrons. The molecule has 1 aromatic heterocycles. The molecule has 3 rings (SSSR count). The van der Waals surface area contributed by atoms with Crippen molar-refractivity contribution in [2.24, 2.45) is 16.8 Å². The second kappa shape index (κ2) is 8.88. The predicted octanol–water partition coefficient (Wildman–Crippen LogP) is 3.37. The van der Waals surface area contributed by atoms with Crippen molar-refractivity contribution in [2.45, 2.75) is 39.8 Å². The van der Waals surface area contributed by atoms with Gasteiger partial charge in [-0.05, 0) is 30.2 Å². The van der Waals surface area contributed by atoms with Crippen LogP contribution in [-0.2, 0) is 13.1 Å². The molecule has 1 N–H and O–H groups in total. The van der Waals surface area contributed by atoms with Crippen LogP contribution in [0.2, 0.25) is 0 Å². The number of rotatable bonds is 6. The molecule has 1 unspecified atom stereocenters. The Hall–Kier alpha value is -2.30. The fourth-order valence-electron chi connectivity index (χ4n) is 3.81. The Balaban J connectivity index is 1.56. The third-order valence-corrected chi connectivity index (χ3v) is 5.00. The molecule has 2 aromatic rings. The van der Waals surface area contributed by atoms with Crippen LogP contribution in [0.15, 0.2) is 47.7 Å². The Morgan fingerprint density at radius 2 is 2.12 bits per heavy atom. The van der Waals surface area contributed by atoms with Crippen molar-refractivity contribution in [1.82, 2.24) is 19.8 Å². The molecule has 1 aliphatic rings. The van der Waals surface area contributed by atoms with Crippen molar-refractivity contribution in [1.29, 1.82) is 0 Å². The van der Waals surface area contributed by atoms with Crippen LogP contribution in [0.3, 0.4) is 0 Å². The summed E-state index contributed by atoms with van der Waals surface area (Å²) in [4.78, 5) is 11.4. The second-order valence-corrected chi connectivity index (χ2v) is 7.59. The molecular weight excluding hydrogens is 322 g/mol. The first kappa shape index (κ1) is 18.5. The second-order valence-electron chi connectivity index (χ2n) is 7.59. The van der Waals surface area contributed by atoms with Gasteiger partial charge in [0, 0.05) is 39.1 Å². The smallest absolute Gasteiger partial charge is 0.194 e. The van der Waals surface area contributed by atoms with Crippen molar-refractivity contribution in [3.63, 3.8) is 0 Å². The largest absolute Gasteiger partial charge is 0.349 e. The average Bonchev–Trinajstić information content (AvgIpc) is 3.26. The third kappa shape index (κ3) is 4.87. The number of likely N-dealkylation sites (tertiary alicyclic amines) is 1. The molecular formula is C21H31N5. The number of hydrogen-bond donors (Lipinski definition) is 1. The highest BCUT2D eigenvalue weighted by molar-refractivity contribution is 5.80. The number of nitrogens with one attached hydrogen (secondary N) is 1. The first-order valence-corrected chi connectivity index (χ1v) is 9.65. The van der Waals surface area contributed by atoms with Crippen LogP contribution in [-0.4, -0.2) is 40.5 Å². The van der Waals surface area contributed by atoms with E-state index >= 15 is 0 Å². The Kier molecular flexibility index (Phi) is 6.31. The summed E-state index contributed by atoms with van der Waals surface area (Å²) in [6.45, 7) is 8.35. The van der Waals surface area contributed by atoms with Gasteiger partial charge in [-0.25, -0.2) is 4.98 Å². The number of imidazole rings is 1. The van der Waals surface area contributed by atoms with Gasteiger partial charge in [0.15, 0.2) is 5.96 Å². The van der Waals surface area contributed by atoms with Crippen molar-refractivity contribution >= 4 is 5.96 Å².